The van der Waals surface area contributed by atoms with Crippen LogP contribution >= 0.6 is 15.9 Å². The van der Waals surface area contributed by atoms with Crippen molar-refractivity contribution in [1.29, 1.82) is 0 Å². The summed E-state index contributed by atoms with van der Waals surface area (Å²) in [7, 11) is -2.85. The van der Waals surface area contributed by atoms with E-state index in [4.69, 9.17) is 4.74 Å². The van der Waals surface area contributed by atoms with Gasteiger partial charge in [-0.15, -0.1) is 0 Å². The van der Waals surface area contributed by atoms with Crippen LogP contribution in [0.1, 0.15) is 30.5 Å². The molecule has 2 amide bonds. The number of benzene rings is 4. The molecule has 4 aromatic carbocycles. The zero-order valence-corrected chi connectivity index (χ0v) is 28.5. The highest BCUT2D eigenvalue weighted by atomic mass is 79.9. The first-order valence-electron chi connectivity index (χ1n) is 14.7. The van der Waals surface area contributed by atoms with Gasteiger partial charge in [-0.2, -0.15) is 0 Å². The Bertz CT molecular complexity index is 1770. The van der Waals surface area contributed by atoms with Gasteiger partial charge in [-0.1, -0.05) is 66.2 Å². The number of carbonyl (C=O) groups is 2. The number of carbonyl (C=O) groups excluding carboxylic acids is 2. The van der Waals surface area contributed by atoms with Crippen LogP contribution in [0, 0.1) is 12.7 Å². The summed E-state index contributed by atoms with van der Waals surface area (Å²) in [6, 6.07) is 24.9. The molecule has 0 spiro atoms. The second kappa shape index (κ2) is 15.4. The Labute approximate surface area is 278 Å². The number of ether oxygens (including phenoxy) is 1. The van der Waals surface area contributed by atoms with E-state index in [2.05, 4.69) is 21.2 Å². The van der Waals surface area contributed by atoms with Crippen molar-refractivity contribution < 1.29 is 27.1 Å². The van der Waals surface area contributed by atoms with Crippen molar-refractivity contribution in [3.63, 3.8) is 0 Å². The lowest BCUT2D eigenvalue weighted by atomic mass is 10.0. The number of anilines is 1. The van der Waals surface area contributed by atoms with Gasteiger partial charge in [0.25, 0.3) is 10.0 Å². The van der Waals surface area contributed by atoms with Crippen LogP contribution in [0.3, 0.4) is 0 Å². The van der Waals surface area contributed by atoms with E-state index in [-0.39, 0.29) is 35.2 Å². The largest absolute Gasteiger partial charge is 0.496 e. The van der Waals surface area contributed by atoms with Gasteiger partial charge in [0.1, 0.15) is 24.2 Å². The van der Waals surface area contributed by atoms with Gasteiger partial charge >= 0.3 is 0 Å². The molecule has 0 aliphatic heterocycles. The molecule has 4 rings (SSSR count). The third-order valence-corrected chi connectivity index (χ3v) is 9.70. The van der Waals surface area contributed by atoms with Crippen LogP contribution in [0.25, 0.3) is 0 Å². The molecule has 0 unspecified atom stereocenters. The third kappa shape index (κ3) is 8.52. The number of nitrogens with zero attached hydrogens (tertiary/aromatic N) is 2. The predicted molar refractivity (Wildman–Crippen MR) is 181 cm³/mol. The molecule has 0 saturated heterocycles. The standard InChI is InChI=1S/C35H37BrFN3O5S/c1-24(2)38-35(42)32(20-26-10-6-5-7-11-26)39(22-27-12-8-9-13-31(27)37)34(41)23-40(28-16-14-25(3)15-17-28)46(43,44)29-18-19-33(45-4)30(36)21-29/h5-19,21,24,32H,20,22-23H2,1-4H3,(H,38,42)/t32-/m0/s1. The number of nitrogens with one attached hydrogen (secondary N) is 1. The minimum Gasteiger partial charge on any atom is -0.496 e. The molecule has 1 N–H and O–H groups in total. The van der Waals surface area contributed by atoms with Crippen LogP contribution < -0.4 is 14.4 Å². The van der Waals surface area contributed by atoms with E-state index in [0.717, 1.165) is 15.4 Å². The van der Waals surface area contributed by atoms with E-state index in [9.17, 15) is 18.0 Å². The molecule has 4 aromatic rings. The normalized spacial score (nSPS) is 12.0. The number of halogens is 2. The average Bonchev–Trinajstić information content (AvgIpc) is 3.02. The van der Waals surface area contributed by atoms with E-state index in [1.165, 1.54) is 42.3 Å². The molecule has 8 nitrogen and oxygen atoms in total. The second-order valence-corrected chi connectivity index (χ2v) is 13.8. The van der Waals surface area contributed by atoms with Crippen LogP contribution in [0.15, 0.2) is 106 Å². The van der Waals surface area contributed by atoms with Crippen molar-refractivity contribution >= 4 is 43.5 Å². The molecule has 0 aliphatic rings. The molecule has 242 valence electrons. The summed E-state index contributed by atoms with van der Waals surface area (Å²) in [5, 5.41) is 2.89. The Morgan fingerprint density at radius 1 is 0.935 bits per heavy atom. The van der Waals surface area contributed by atoms with Crippen LogP contribution in [0.4, 0.5) is 10.1 Å². The Balaban J connectivity index is 1.82. The van der Waals surface area contributed by atoms with E-state index in [0.29, 0.717) is 10.2 Å². The Kier molecular flexibility index (Phi) is 11.6. The molecule has 11 heteroatoms. The summed E-state index contributed by atoms with van der Waals surface area (Å²) in [5.41, 5.74) is 2.12. The lowest BCUT2D eigenvalue weighted by molar-refractivity contribution is -0.140. The van der Waals surface area contributed by atoms with Gasteiger partial charge in [0.05, 0.1) is 22.2 Å². The Hall–Kier alpha value is -4.22. The lowest BCUT2D eigenvalue weighted by Crippen LogP contribution is -2.54. The van der Waals surface area contributed by atoms with Crippen LogP contribution in [-0.4, -0.2) is 50.9 Å². The molecule has 0 fully saturated rings. The summed E-state index contributed by atoms with van der Waals surface area (Å²) >= 11 is 3.36. The average molecular weight is 711 g/mol. The van der Waals surface area contributed by atoms with E-state index >= 15 is 4.39 Å². The summed E-state index contributed by atoms with van der Waals surface area (Å²) < 4.78 is 50.2. The Morgan fingerprint density at radius 3 is 2.20 bits per heavy atom. The van der Waals surface area contributed by atoms with Crippen LogP contribution in [0.2, 0.25) is 0 Å². The van der Waals surface area contributed by atoms with Crippen molar-refractivity contribution in [1.82, 2.24) is 10.2 Å². The van der Waals surface area contributed by atoms with Crippen molar-refractivity contribution in [3.05, 3.63) is 124 Å². The number of rotatable bonds is 13. The molecule has 0 aromatic heterocycles. The lowest BCUT2D eigenvalue weighted by Gasteiger charge is -2.34. The number of hydrogen-bond acceptors (Lipinski definition) is 5. The van der Waals surface area contributed by atoms with Gasteiger partial charge in [0.2, 0.25) is 11.8 Å². The van der Waals surface area contributed by atoms with Gasteiger partial charge in [0.15, 0.2) is 0 Å². The highest BCUT2D eigenvalue weighted by Gasteiger charge is 2.35. The maximum absolute atomic E-state index is 15.0. The van der Waals surface area contributed by atoms with E-state index in [1.807, 2.05) is 37.3 Å². The summed E-state index contributed by atoms with van der Waals surface area (Å²) in [6.45, 7) is 4.57. The molecule has 0 aliphatic carbocycles. The van der Waals surface area contributed by atoms with Crippen molar-refractivity contribution in [2.45, 2.75) is 50.7 Å². The third-order valence-electron chi connectivity index (χ3n) is 7.31. The topological polar surface area (TPSA) is 96.0 Å². The van der Waals surface area contributed by atoms with Gasteiger partial charge in [0, 0.05) is 24.6 Å². The maximum Gasteiger partial charge on any atom is 0.264 e. The number of methoxy groups -OCH3 is 1. The first-order chi connectivity index (χ1) is 21.9. The minimum atomic E-state index is -4.32. The number of hydrogen-bond donors (Lipinski definition) is 1. The fraction of sp³-hybridized carbons (Fsp3) is 0.257. The maximum atomic E-state index is 15.0. The second-order valence-electron chi connectivity index (χ2n) is 11.1. The van der Waals surface area contributed by atoms with Crippen molar-refractivity contribution in [2.24, 2.45) is 0 Å². The van der Waals surface area contributed by atoms with Gasteiger partial charge in [-0.3, -0.25) is 13.9 Å². The fourth-order valence-corrected chi connectivity index (χ4v) is 7.05. The number of sulfonamides is 1. The summed E-state index contributed by atoms with van der Waals surface area (Å²) in [5.74, 6) is -1.23. The minimum absolute atomic E-state index is 0.0763. The quantitative estimate of drug-likeness (QED) is 0.177. The summed E-state index contributed by atoms with van der Waals surface area (Å²) in [4.78, 5) is 29.4. The number of aryl methyl sites for hydroxylation is 1. The number of amides is 2. The zero-order chi connectivity index (χ0) is 33.4. The van der Waals surface area contributed by atoms with Gasteiger partial charge in [-0.05, 0) is 78.7 Å². The van der Waals surface area contributed by atoms with Gasteiger partial charge in [-0.25, -0.2) is 12.8 Å². The first kappa shape index (κ1) is 34.6. The molecule has 0 radical (unpaired) electrons. The van der Waals surface area contributed by atoms with Crippen LogP contribution in [-0.2, 0) is 32.6 Å². The molecular formula is C35H37BrFN3O5S. The monoisotopic (exact) mass is 709 g/mol. The summed E-state index contributed by atoms with van der Waals surface area (Å²) in [6.07, 6.45) is 0.127. The molecule has 0 bridgehead atoms. The molecule has 0 saturated carbocycles. The van der Waals surface area contributed by atoms with Gasteiger partial charge < -0.3 is 15.0 Å². The highest BCUT2D eigenvalue weighted by Crippen LogP contribution is 2.31. The predicted octanol–water partition coefficient (Wildman–Crippen LogP) is 6.27. The van der Waals surface area contributed by atoms with E-state index in [1.54, 1.807) is 50.2 Å². The van der Waals surface area contributed by atoms with Crippen molar-refractivity contribution in [2.75, 3.05) is 18.0 Å². The smallest absolute Gasteiger partial charge is 0.264 e. The molecule has 1 atom stereocenters. The van der Waals surface area contributed by atoms with E-state index < -0.39 is 40.2 Å². The molecule has 0 heterocycles. The van der Waals surface area contributed by atoms with Crippen LogP contribution in [0.5, 0.6) is 5.75 Å². The fourth-order valence-electron chi connectivity index (χ4n) is 4.92. The molecule has 46 heavy (non-hydrogen) atoms. The Morgan fingerprint density at radius 2 is 1.59 bits per heavy atom. The first-order valence-corrected chi connectivity index (χ1v) is 16.9. The SMILES string of the molecule is COc1ccc(S(=O)(=O)N(CC(=O)N(Cc2ccccc2F)[C@@H](Cc2ccccc2)C(=O)NC(C)C)c2ccc(C)cc2)cc1Br. The zero-order valence-electron chi connectivity index (χ0n) is 26.1. The van der Waals surface area contributed by atoms with Crippen molar-refractivity contribution in [3.8, 4) is 5.75 Å². The molecular weight excluding hydrogens is 673 g/mol. The highest BCUT2D eigenvalue weighted by molar-refractivity contribution is 9.10.